The second-order valence-electron chi connectivity index (χ2n) is 8.21. The normalized spacial score (nSPS) is 25.6. The maximum atomic E-state index is 12.7. The number of likely N-dealkylation sites (tertiary alicyclic amines) is 2. The summed E-state index contributed by atoms with van der Waals surface area (Å²) in [5.74, 6) is 0.690. The van der Waals surface area contributed by atoms with Crippen LogP contribution in [0, 0.1) is 11.3 Å². The Bertz CT molecular complexity index is 619. The Kier molecular flexibility index (Phi) is 5.02. The minimum Gasteiger partial charge on any atom is -0.381 e. The van der Waals surface area contributed by atoms with Gasteiger partial charge in [0.2, 0.25) is 11.8 Å². The standard InChI is InChI=1S/C20H29N3O3/c24-18(12-16-3-7-21-13-16)22-8-5-20(6-9-22)14-23(15-20)19(25)17-2-1-10-26-11-4-17/h3,7,13,17,21H,1-2,4-6,8-12,14-15H2. The molecule has 6 nitrogen and oxygen atoms in total. The summed E-state index contributed by atoms with van der Waals surface area (Å²) in [5.41, 5.74) is 1.30. The molecule has 142 valence electrons. The van der Waals surface area contributed by atoms with Crippen molar-refractivity contribution in [3.05, 3.63) is 24.0 Å². The van der Waals surface area contributed by atoms with E-state index in [-0.39, 0.29) is 17.2 Å². The minimum absolute atomic E-state index is 0.151. The first-order valence-corrected chi connectivity index (χ1v) is 9.91. The molecular formula is C20H29N3O3. The van der Waals surface area contributed by atoms with Crippen molar-refractivity contribution in [3.8, 4) is 0 Å². The van der Waals surface area contributed by atoms with Crippen LogP contribution in [-0.2, 0) is 20.7 Å². The van der Waals surface area contributed by atoms with Gasteiger partial charge in [0.15, 0.2) is 0 Å². The Hall–Kier alpha value is -1.82. The topological polar surface area (TPSA) is 65.6 Å². The summed E-state index contributed by atoms with van der Waals surface area (Å²) in [6.45, 7) is 4.91. The third-order valence-corrected chi connectivity index (χ3v) is 6.36. The summed E-state index contributed by atoms with van der Waals surface area (Å²) in [4.78, 5) is 32.2. The number of ether oxygens (including phenoxy) is 1. The fraction of sp³-hybridized carbons (Fsp3) is 0.700. The number of amides is 2. The summed E-state index contributed by atoms with van der Waals surface area (Å²) in [5, 5.41) is 0. The van der Waals surface area contributed by atoms with Gasteiger partial charge in [0.1, 0.15) is 0 Å². The largest absolute Gasteiger partial charge is 0.381 e. The van der Waals surface area contributed by atoms with Gasteiger partial charge in [-0.3, -0.25) is 9.59 Å². The van der Waals surface area contributed by atoms with E-state index in [0.29, 0.717) is 18.9 Å². The first-order chi connectivity index (χ1) is 12.7. The van der Waals surface area contributed by atoms with Gasteiger partial charge in [0.25, 0.3) is 0 Å². The van der Waals surface area contributed by atoms with E-state index in [9.17, 15) is 9.59 Å². The highest BCUT2D eigenvalue weighted by Gasteiger charge is 2.48. The van der Waals surface area contributed by atoms with Gasteiger partial charge in [-0.1, -0.05) is 0 Å². The highest BCUT2D eigenvalue weighted by Crippen LogP contribution is 2.41. The van der Waals surface area contributed by atoms with Crippen molar-refractivity contribution in [2.75, 3.05) is 39.4 Å². The van der Waals surface area contributed by atoms with Gasteiger partial charge in [-0.15, -0.1) is 0 Å². The van der Waals surface area contributed by atoms with Gasteiger partial charge >= 0.3 is 0 Å². The molecule has 0 aromatic carbocycles. The van der Waals surface area contributed by atoms with Crippen molar-refractivity contribution in [2.45, 2.75) is 38.5 Å². The molecule has 1 unspecified atom stereocenters. The van der Waals surface area contributed by atoms with E-state index in [1.54, 1.807) is 0 Å². The first-order valence-electron chi connectivity index (χ1n) is 9.91. The molecule has 0 bridgehead atoms. The lowest BCUT2D eigenvalue weighted by Gasteiger charge is -2.54. The zero-order chi connectivity index (χ0) is 18.0. The zero-order valence-electron chi connectivity index (χ0n) is 15.4. The Balaban J connectivity index is 1.24. The quantitative estimate of drug-likeness (QED) is 0.895. The number of rotatable bonds is 3. The number of H-pyrrole nitrogens is 1. The molecule has 4 rings (SSSR count). The molecule has 1 aromatic heterocycles. The molecule has 1 atom stereocenters. The smallest absolute Gasteiger partial charge is 0.227 e. The average molecular weight is 359 g/mol. The number of piperidine rings is 1. The molecule has 0 radical (unpaired) electrons. The van der Waals surface area contributed by atoms with Gasteiger partial charge in [-0.05, 0) is 43.7 Å². The summed E-state index contributed by atoms with van der Waals surface area (Å²) >= 11 is 0. The number of aromatic amines is 1. The van der Waals surface area contributed by atoms with Crippen molar-refractivity contribution >= 4 is 11.8 Å². The van der Waals surface area contributed by atoms with Gasteiger partial charge in [0.05, 0.1) is 6.42 Å². The van der Waals surface area contributed by atoms with Crippen LogP contribution >= 0.6 is 0 Å². The first kappa shape index (κ1) is 17.6. The van der Waals surface area contributed by atoms with Crippen LogP contribution < -0.4 is 0 Å². The van der Waals surface area contributed by atoms with E-state index in [1.165, 1.54) is 0 Å². The third-order valence-electron chi connectivity index (χ3n) is 6.36. The number of carbonyl (C=O) groups excluding carboxylic acids is 2. The number of nitrogens with one attached hydrogen (secondary N) is 1. The van der Waals surface area contributed by atoms with Crippen LogP contribution in [0.2, 0.25) is 0 Å². The summed E-state index contributed by atoms with van der Waals surface area (Å²) in [6.07, 6.45) is 9.07. The highest BCUT2D eigenvalue weighted by atomic mass is 16.5. The molecule has 3 aliphatic rings. The molecule has 0 aliphatic carbocycles. The monoisotopic (exact) mass is 359 g/mol. The Morgan fingerprint density at radius 2 is 1.96 bits per heavy atom. The van der Waals surface area contributed by atoms with Crippen LogP contribution in [-0.4, -0.2) is 66.0 Å². The maximum Gasteiger partial charge on any atom is 0.227 e. The van der Waals surface area contributed by atoms with Crippen LogP contribution in [0.15, 0.2) is 18.5 Å². The summed E-state index contributed by atoms with van der Waals surface area (Å²) in [7, 11) is 0. The van der Waals surface area contributed by atoms with Gasteiger partial charge in [-0.25, -0.2) is 0 Å². The van der Waals surface area contributed by atoms with Gasteiger partial charge in [0, 0.05) is 63.1 Å². The molecule has 0 saturated carbocycles. The summed E-state index contributed by atoms with van der Waals surface area (Å²) < 4.78 is 5.48. The minimum atomic E-state index is 0.151. The average Bonchev–Trinajstić information content (AvgIpc) is 2.98. The highest BCUT2D eigenvalue weighted by molar-refractivity contribution is 5.80. The van der Waals surface area contributed by atoms with Crippen molar-refractivity contribution in [3.63, 3.8) is 0 Å². The Labute approximate surface area is 154 Å². The Morgan fingerprint density at radius 1 is 1.15 bits per heavy atom. The van der Waals surface area contributed by atoms with Crippen molar-refractivity contribution in [1.82, 2.24) is 14.8 Å². The molecule has 3 fully saturated rings. The fourth-order valence-corrected chi connectivity index (χ4v) is 4.63. The third kappa shape index (κ3) is 3.65. The van der Waals surface area contributed by atoms with Crippen molar-refractivity contribution < 1.29 is 14.3 Å². The second-order valence-corrected chi connectivity index (χ2v) is 8.21. The number of carbonyl (C=O) groups is 2. The van der Waals surface area contributed by atoms with E-state index in [2.05, 4.69) is 4.98 Å². The molecular weight excluding hydrogens is 330 g/mol. The maximum absolute atomic E-state index is 12.7. The van der Waals surface area contributed by atoms with E-state index in [0.717, 1.165) is 70.5 Å². The van der Waals surface area contributed by atoms with E-state index in [1.807, 2.05) is 28.3 Å². The molecule has 3 aliphatic heterocycles. The lowest BCUT2D eigenvalue weighted by molar-refractivity contribution is -0.154. The summed E-state index contributed by atoms with van der Waals surface area (Å²) in [6, 6.07) is 1.96. The SMILES string of the molecule is O=C(Cc1cc[nH]c1)N1CCC2(CC1)CN(C(=O)C1CCCOCC1)C2. The molecule has 1 N–H and O–H groups in total. The van der Waals surface area contributed by atoms with Crippen LogP contribution in [0.25, 0.3) is 0 Å². The lowest BCUT2D eigenvalue weighted by Crippen LogP contribution is -2.63. The van der Waals surface area contributed by atoms with Crippen LogP contribution in [0.4, 0.5) is 0 Å². The zero-order valence-corrected chi connectivity index (χ0v) is 15.4. The van der Waals surface area contributed by atoms with Crippen molar-refractivity contribution in [1.29, 1.82) is 0 Å². The number of aromatic nitrogens is 1. The Morgan fingerprint density at radius 3 is 2.69 bits per heavy atom. The predicted octanol–water partition coefficient (Wildman–Crippen LogP) is 1.82. The predicted molar refractivity (Wildman–Crippen MR) is 97.5 cm³/mol. The fourth-order valence-electron chi connectivity index (χ4n) is 4.63. The lowest BCUT2D eigenvalue weighted by atomic mass is 9.71. The van der Waals surface area contributed by atoms with E-state index >= 15 is 0 Å². The molecule has 4 heterocycles. The van der Waals surface area contributed by atoms with E-state index in [4.69, 9.17) is 4.74 Å². The van der Waals surface area contributed by atoms with Crippen molar-refractivity contribution in [2.24, 2.45) is 11.3 Å². The van der Waals surface area contributed by atoms with E-state index < -0.39 is 0 Å². The second kappa shape index (κ2) is 7.43. The molecule has 6 heteroatoms. The molecule has 26 heavy (non-hydrogen) atoms. The molecule has 3 saturated heterocycles. The molecule has 1 spiro atoms. The number of nitrogens with zero attached hydrogens (tertiary/aromatic N) is 2. The number of hydrogen-bond donors (Lipinski definition) is 1. The van der Waals surface area contributed by atoms with Gasteiger partial charge < -0.3 is 19.5 Å². The van der Waals surface area contributed by atoms with Crippen LogP contribution in [0.1, 0.15) is 37.7 Å². The van der Waals surface area contributed by atoms with Crippen LogP contribution in [0.5, 0.6) is 0 Å². The van der Waals surface area contributed by atoms with Gasteiger partial charge in [-0.2, -0.15) is 0 Å². The number of hydrogen-bond acceptors (Lipinski definition) is 3. The molecule has 1 aromatic rings. The van der Waals surface area contributed by atoms with Crippen LogP contribution in [0.3, 0.4) is 0 Å². The molecule has 2 amide bonds.